The normalized spacial score (nSPS) is 17.1. The van der Waals surface area contributed by atoms with Crippen molar-refractivity contribution in [1.82, 2.24) is 9.21 Å². The van der Waals surface area contributed by atoms with Crippen molar-refractivity contribution in [2.24, 2.45) is 0 Å². The van der Waals surface area contributed by atoms with E-state index in [1.54, 1.807) is 12.0 Å². The molecule has 1 heterocycles. The van der Waals surface area contributed by atoms with Crippen molar-refractivity contribution in [3.63, 3.8) is 0 Å². The largest absolute Gasteiger partial charge is 0.497 e. The second-order valence-corrected chi connectivity index (χ2v) is 9.22. The van der Waals surface area contributed by atoms with Gasteiger partial charge in [0.05, 0.1) is 24.6 Å². The van der Waals surface area contributed by atoms with Crippen molar-refractivity contribution >= 4 is 27.5 Å². The van der Waals surface area contributed by atoms with Crippen LogP contribution in [0.1, 0.15) is 24.4 Å². The van der Waals surface area contributed by atoms with Crippen LogP contribution in [0, 0.1) is 0 Å². The molecule has 0 aliphatic carbocycles. The molecule has 0 saturated carbocycles. The van der Waals surface area contributed by atoms with Gasteiger partial charge in [0.25, 0.3) is 0 Å². The fourth-order valence-corrected chi connectivity index (χ4v) is 4.66. The van der Waals surface area contributed by atoms with Gasteiger partial charge in [-0.3, -0.25) is 4.79 Å². The van der Waals surface area contributed by atoms with E-state index in [0.717, 1.165) is 28.5 Å². The van der Waals surface area contributed by atoms with Crippen LogP contribution in [-0.2, 0) is 14.8 Å². The van der Waals surface area contributed by atoms with Crippen molar-refractivity contribution < 1.29 is 17.9 Å². The van der Waals surface area contributed by atoms with E-state index in [4.69, 9.17) is 16.3 Å². The number of hydrogen-bond donors (Lipinski definition) is 0. The van der Waals surface area contributed by atoms with Gasteiger partial charge in [-0.15, -0.1) is 0 Å². The first kappa shape index (κ1) is 20.6. The Bertz CT molecular complexity index is 947. The van der Waals surface area contributed by atoms with Crippen molar-refractivity contribution in [3.8, 4) is 5.75 Å². The first-order valence-electron chi connectivity index (χ1n) is 8.98. The molecular formula is C20H23ClN2O4S. The SMILES string of the molecule is COc1cccc(C2CCCN2C(=O)CN(C)S(=O)(=O)c2ccc(Cl)cc2)c1. The topological polar surface area (TPSA) is 66.9 Å². The zero-order valence-electron chi connectivity index (χ0n) is 15.8. The number of ether oxygens (including phenoxy) is 1. The highest BCUT2D eigenvalue weighted by Gasteiger charge is 2.32. The number of nitrogens with zero attached hydrogens (tertiary/aromatic N) is 2. The lowest BCUT2D eigenvalue weighted by Crippen LogP contribution is -2.40. The fourth-order valence-electron chi connectivity index (χ4n) is 3.41. The van der Waals surface area contributed by atoms with Crippen LogP contribution >= 0.6 is 11.6 Å². The van der Waals surface area contributed by atoms with Crippen LogP contribution in [0.4, 0.5) is 0 Å². The quantitative estimate of drug-likeness (QED) is 0.716. The summed E-state index contributed by atoms with van der Waals surface area (Å²) < 4.78 is 31.8. The summed E-state index contributed by atoms with van der Waals surface area (Å²) in [5.74, 6) is 0.518. The number of rotatable bonds is 6. The Labute approximate surface area is 170 Å². The molecule has 0 aromatic heterocycles. The lowest BCUT2D eigenvalue weighted by Gasteiger charge is -2.27. The molecule has 2 aromatic rings. The van der Waals surface area contributed by atoms with Gasteiger partial charge in [-0.2, -0.15) is 4.31 Å². The van der Waals surface area contributed by atoms with Crippen molar-refractivity contribution in [2.75, 3.05) is 27.2 Å². The van der Waals surface area contributed by atoms with Crippen LogP contribution in [0.2, 0.25) is 5.02 Å². The maximum absolute atomic E-state index is 12.9. The van der Waals surface area contributed by atoms with E-state index in [0.29, 0.717) is 11.6 Å². The molecule has 1 saturated heterocycles. The lowest BCUT2D eigenvalue weighted by molar-refractivity contribution is -0.132. The summed E-state index contributed by atoms with van der Waals surface area (Å²) in [6.07, 6.45) is 1.72. The number of benzene rings is 2. The minimum absolute atomic E-state index is 0.0748. The highest BCUT2D eigenvalue weighted by molar-refractivity contribution is 7.89. The molecule has 1 aliphatic heterocycles. The highest BCUT2D eigenvalue weighted by Crippen LogP contribution is 2.33. The zero-order valence-corrected chi connectivity index (χ0v) is 17.4. The molecule has 28 heavy (non-hydrogen) atoms. The van der Waals surface area contributed by atoms with Gasteiger partial charge in [0.15, 0.2) is 0 Å². The molecule has 1 amide bonds. The molecular weight excluding hydrogens is 400 g/mol. The van der Waals surface area contributed by atoms with Gasteiger partial charge in [0.2, 0.25) is 15.9 Å². The third-order valence-corrected chi connectivity index (χ3v) is 7.00. The van der Waals surface area contributed by atoms with Gasteiger partial charge < -0.3 is 9.64 Å². The Morgan fingerprint density at radius 2 is 1.96 bits per heavy atom. The van der Waals surface area contributed by atoms with Gasteiger partial charge in [-0.25, -0.2) is 8.42 Å². The summed E-state index contributed by atoms with van der Waals surface area (Å²) in [6.45, 7) is 0.390. The van der Waals surface area contributed by atoms with E-state index < -0.39 is 10.0 Å². The smallest absolute Gasteiger partial charge is 0.243 e. The number of likely N-dealkylation sites (N-methyl/N-ethyl adjacent to an activating group) is 1. The van der Waals surface area contributed by atoms with Gasteiger partial charge in [-0.1, -0.05) is 23.7 Å². The molecule has 3 rings (SSSR count). The first-order valence-corrected chi connectivity index (χ1v) is 10.8. The van der Waals surface area contributed by atoms with Gasteiger partial charge in [-0.05, 0) is 54.8 Å². The number of amides is 1. The minimum atomic E-state index is -3.77. The average molecular weight is 423 g/mol. The molecule has 1 fully saturated rings. The zero-order chi connectivity index (χ0) is 20.3. The van der Waals surface area contributed by atoms with E-state index in [2.05, 4.69) is 0 Å². The summed E-state index contributed by atoms with van der Waals surface area (Å²) in [7, 11) is -0.746. The summed E-state index contributed by atoms with van der Waals surface area (Å²) in [5, 5.41) is 0.455. The summed E-state index contributed by atoms with van der Waals surface area (Å²) in [6, 6.07) is 13.5. The van der Waals surface area contributed by atoms with Gasteiger partial charge >= 0.3 is 0 Å². The molecule has 1 unspecified atom stereocenters. The predicted molar refractivity (Wildman–Crippen MR) is 108 cm³/mol. The van der Waals surface area contributed by atoms with Crippen LogP contribution < -0.4 is 4.74 Å². The fraction of sp³-hybridized carbons (Fsp3) is 0.350. The Kier molecular flexibility index (Phi) is 6.27. The van der Waals surface area contributed by atoms with Crippen molar-refractivity contribution in [3.05, 3.63) is 59.1 Å². The minimum Gasteiger partial charge on any atom is -0.497 e. The first-order chi connectivity index (χ1) is 13.3. The van der Waals surface area contributed by atoms with E-state index in [1.807, 2.05) is 24.3 Å². The highest BCUT2D eigenvalue weighted by atomic mass is 35.5. The standard InChI is InChI=1S/C20H23ClN2O4S/c1-22(28(25,26)18-10-8-16(21)9-11-18)14-20(24)23-12-4-7-19(23)15-5-3-6-17(13-15)27-2/h3,5-6,8-11,13,19H,4,7,12,14H2,1-2H3. The van der Waals surface area contributed by atoms with Gasteiger partial charge in [0.1, 0.15) is 5.75 Å². The molecule has 0 bridgehead atoms. The van der Waals surface area contributed by atoms with E-state index >= 15 is 0 Å². The predicted octanol–water partition coefficient (Wildman–Crippen LogP) is 3.33. The molecule has 6 nitrogen and oxygen atoms in total. The summed E-state index contributed by atoms with van der Waals surface area (Å²) in [4.78, 5) is 14.8. The Hall–Kier alpha value is -2.09. The molecule has 2 aromatic carbocycles. The molecule has 0 N–H and O–H groups in total. The van der Waals surface area contributed by atoms with Crippen LogP contribution in [-0.4, -0.2) is 50.8 Å². The monoisotopic (exact) mass is 422 g/mol. The average Bonchev–Trinajstić information content (AvgIpc) is 3.18. The van der Waals surface area contributed by atoms with E-state index in [1.165, 1.54) is 31.3 Å². The van der Waals surface area contributed by atoms with Crippen molar-refractivity contribution in [1.29, 1.82) is 0 Å². The van der Waals surface area contributed by atoms with Gasteiger partial charge in [0, 0.05) is 18.6 Å². The third-order valence-electron chi connectivity index (χ3n) is 4.93. The van der Waals surface area contributed by atoms with Crippen LogP contribution in [0.3, 0.4) is 0 Å². The van der Waals surface area contributed by atoms with E-state index in [9.17, 15) is 13.2 Å². The van der Waals surface area contributed by atoms with Crippen LogP contribution in [0.5, 0.6) is 5.75 Å². The second kappa shape index (κ2) is 8.51. The van der Waals surface area contributed by atoms with E-state index in [-0.39, 0.29) is 23.4 Å². The lowest BCUT2D eigenvalue weighted by atomic mass is 10.0. The number of sulfonamides is 1. The maximum Gasteiger partial charge on any atom is 0.243 e. The number of likely N-dealkylation sites (tertiary alicyclic amines) is 1. The third kappa shape index (κ3) is 4.32. The maximum atomic E-state index is 12.9. The Morgan fingerprint density at radius 1 is 1.25 bits per heavy atom. The number of carbonyl (C=O) groups is 1. The van der Waals surface area contributed by atoms with Crippen LogP contribution in [0.25, 0.3) is 0 Å². The number of carbonyl (C=O) groups excluding carboxylic acids is 1. The molecule has 0 radical (unpaired) electrons. The summed E-state index contributed by atoms with van der Waals surface area (Å²) in [5.41, 5.74) is 0.994. The Balaban J connectivity index is 1.74. The number of halogens is 1. The Morgan fingerprint density at radius 3 is 2.64 bits per heavy atom. The van der Waals surface area contributed by atoms with Crippen LogP contribution in [0.15, 0.2) is 53.4 Å². The second-order valence-electron chi connectivity index (χ2n) is 6.74. The number of methoxy groups -OCH3 is 1. The molecule has 150 valence electrons. The molecule has 1 atom stereocenters. The van der Waals surface area contributed by atoms with Crippen molar-refractivity contribution in [2.45, 2.75) is 23.8 Å². The summed E-state index contributed by atoms with van der Waals surface area (Å²) >= 11 is 5.83. The molecule has 0 spiro atoms. The number of hydrogen-bond acceptors (Lipinski definition) is 4. The molecule has 1 aliphatic rings. The molecule has 8 heteroatoms.